The molecule has 176 valence electrons. The Labute approximate surface area is 192 Å². The van der Waals surface area contributed by atoms with E-state index in [2.05, 4.69) is 5.32 Å². The fraction of sp³-hybridized carbons (Fsp3) is 0.417. The van der Waals surface area contributed by atoms with Gasteiger partial charge in [-0.25, -0.2) is 0 Å². The van der Waals surface area contributed by atoms with Crippen molar-refractivity contribution in [3.05, 3.63) is 35.9 Å². The molecule has 33 heavy (non-hydrogen) atoms. The molecule has 0 aliphatic carbocycles. The first-order valence-electron chi connectivity index (χ1n) is 10.8. The van der Waals surface area contributed by atoms with Crippen molar-refractivity contribution in [3.63, 3.8) is 0 Å². The molecule has 9 nitrogen and oxygen atoms in total. The number of likely N-dealkylation sites (tertiary alicyclic amines) is 1. The molecule has 1 fully saturated rings. The van der Waals surface area contributed by atoms with E-state index in [4.69, 9.17) is 23.7 Å². The molecule has 0 spiro atoms. The van der Waals surface area contributed by atoms with Gasteiger partial charge in [0.1, 0.15) is 13.2 Å². The maximum atomic E-state index is 13.1. The zero-order chi connectivity index (χ0) is 23.4. The van der Waals surface area contributed by atoms with Gasteiger partial charge < -0.3 is 33.9 Å². The number of hydrogen-bond donors (Lipinski definition) is 1. The molecular formula is C24H28N2O7. The summed E-state index contributed by atoms with van der Waals surface area (Å²) < 4.78 is 27.1. The summed E-state index contributed by atoms with van der Waals surface area (Å²) in [7, 11) is 4.54. The smallest absolute Gasteiger partial charge is 0.254 e. The summed E-state index contributed by atoms with van der Waals surface area (Å²) in [6.45, 7) is 1.97. The molecule has 2 aromatic carbocycles. The van der Waals surface area contributed by atoms with Crippen molar-refractivity contribution in [1.29, 1.82) is 0 Å². The number of carbonyl (C=O) groups excluding carboxylic acids is 2. The van der Waals surface area contributed by atoms with Crippen molar-refractivity contribution in [3.8, 4) is 28.7 Å². The summed E-state index contributed by atoms with van der Waals surface area (Å²) in [6.07, 6.45) is 1.15. The first-order valence-corrected chi connectivity index (χ1v) is 10.8. The van der Waals surface area contributed by atoms with E-state index in [0.29, 0.717) is 79.1 Å². The van der Waals surface area contributed by atoms with Crippen LogP contribution in [0.3, 0.4) is 0 Å². The molecule has 2 heterocycles. The fourth-order valence-electron chi connectivity index (χ4n) is 4.10. The monoisotopic (exact) mass is 456 g/mol. The third-order valence-corrected chi connectivity index (χ3v) is 5.87. The van der Waals surface area contributed by atoms with Crippen LogP contribution in [0.15, 0.2) is 30.3 Å². The topological polar surface area (TPSA) is 95.6 Å². The van der Waals surface area contributed by atoms with Crippen molar-refractivity contribution in [1.82, 2.24) is 4.90 Å². The maximum absolute atomic E-state index is 13.1. The van der Waals surface area contributed by atoms with E-state index in [9.17, 15) is 9.59 Å². The average molecular weight is 456 g/mol. The van der Waals surface area contributed by atoms with Gasteiger partial charge in [-0.1, -0.05) is 0 Å². The second-order valence-electron chi connectivity index (χ2n) is 7.83. The molecule has 2 aliphatic rings. The van der Waals surface area contributed by atoms with Crippen LogP contribution in [0.4, 0.5) is 5.69 Å². The highest BCUT2D eigenvalue weighted by molar-refractivity contribution is 5.96. The number of hydrogen-bond acceptors (Lipinski definition) is 7. The molecule has 0 radical (unpaired) electrons. The van der Waals surface area contributed by atoms with Crippen LogP contribution in [0.5, 0.6) is 28.7 Å². The Hall–Kier alpha value is -3.62. The SMILES string of the molecule is COc1cc(C(=O)N2CCC(C(=O)Nc3ccc4c(c3)OCCO4)CC2)cc(OC)c1OC. The minimum absolute atomic E-state index is 0.0634. The second-order valence-corrected chi connectivity index (χ2v) is 7.83. The normalized spacial score (nSPS) is 15.5. The summed E-state index contributed by atoms with van der Waals surface area (Å²) in [6, 6.07) is 8.65. The minimum atomic E-state index is -0.179. The Balaban J connectivity index is 1.37. The number of piperidine rings is 1. The Bertz CT molecular complexity index is 1010. The van der Waals surface area contributed by atoms with Gasteiger partial charge in [-0.15, -0.1) is 0 Å². The van der Waals surface area contributed by atoms with Gasteiger partial charge in [0.25, 0.3) is 5.91 Å². The van der Waals surface area contributed by atoms with Crippen LogP contribution < -0.4 is 29.0 Å². The molecule has 2 amide bonds. The van der Waals surface area contributed by atoms with Crippen LogP contribution in [0.2, 0.25) is 0 Å². The van der Waals surface area contributed by atoms with Crippen LogP contribution in [0, 0.1) is 5.92 Å². The van der Waals surface area contributed by atoms with Crippen LogP contribution in [-0.4, -0.2) is 64.3 Å². The zero-order valence-corrected chi connectivity index (χ0v) is 19.0. The lowest BCUT2D eigenvalue weighted by Gasteiger charge is -2.31. The van der Waals surface area contributed by atoms with Gasteiger partial charge in [0, 0.05) is 36.3 Å². The van der Waals surface area contributed by atoms with Gasteiger partial charge in [0.05, 0.1) is 21.3 Å². The highest BCUT2D eigenvalue weighted by Gasteiger charge is 2.29. The molecule has 0 saturated carbocycles. The van der Waals surface area contributed by atoms with E-state index in [1.54, 1.807) is 35.2 Å². The van der Waals surface area contributed by atoms with Crippen molar-refractivity contribution >= 4 is 17.5 Å². The lowest BCUT2D eigenvalue weighted by atomic mass is 9.95. The molecule has 0 bridgehead atoms. The van der Waals surface area contributed by atoms with Gasteiger partial charge in [-0.05, 0) is 37.1 Å². The van der Waals surface area contributed by atoms with E-state index in [1.165, 1.54) is 21.3 Å². The molecule has 2 aromatic rings. The summed E-state index contributed by atoms with van der Waals surface area (Å²) in [5.74, 6) is 2.21. The maximum Gasteiger partial charge on any atom is 0.254 e. The standard InChI is InChI=1S/C24H28N2O7/c1-29-20-12-16(13-21(30-2)22(20)31-3)24(28)26-8-6-15(7-9-26)23(27)25-17-4-5-18-19(14-17)33-11-10-32-18/h4-5,12-15H,6-11H2,1-3H3,(H,25,27). The molecular weight excluding hydrogens is 428 g/mol. The predicted molar refractivity (Wildman–Crippen MR) is 121 cm³/mol. The molecule has 2 aliphatic heterocycles. The Kier molecular flexibility index (Phi) is 6.76. The minimum Gasteiger partial charge on any atom is -0.493 e. The van der Waals surface area contributed by atoms with Crippen molar-refractivity contribution in [2.24, 2.45) is 5.92 Å². The van der Waals surface area contributed by atoms with Crippen molar-refractivity contribution in [2.75, 3.05) is 52.9 Å². The highest BCUT2D eigenvalue weighted by Crippen LogP contribution is 2.39. The number of rotatable bonds is 6. The van der Waals surface area contributed by atoms with Crippen molar-refractivity contribution < 1.29 is 33.3 Å². The highest BCUT2D eigenvalue weighted by atomic mass is 16.6. The molecule has 0 aromatic heterocycles. The molecule has 0 atom stereocenters. The fourth-order valence-corrected chi connectivity index (χ4v) is 4.10. The lowest BCUT2D eigenvalue weighted by molar-refractivity contribution is -0.121. The molecule has 1 saturated heterocycles. The summed E-state index contributed by atoms with van der Waals surface area (Å²) in [4.78, 5) is 27.6. The van der Waals surface area contributed by atoms with Gasteiger partial charge in [0.15, 0.2) is 23.0 Å². The van der Waals surface area contributed by atoms with Crippen LogP contribution in [0.1, 0.15) is 23.2 Å². The number of amides is 2. The average Bonchev–Trinajstić information content (AvgIpc) is 2.87. The number of carbonyl (C=O) groups is 2. The Morgan fingerprint density at radius 3 is 2.15 bits per heavy atom. The Morgan fingerprint density at radius 1 is 0.909 bits per heavy atom. The van der Waals surface area contributed by atoms with E-state index >= 15 is 0 Å². The zero-order valence-electron chi connectivity index (χ0n) is 19.0. The quantitative estimate of drug-likeness (QED) is 0.714. The first-order chi connectivity index (χ1) is 16.0. The van der Waals surface area contributed by atoms with Gasteiger partial charge >= 0.3 is 0 Å². The largest absolute Gasteiger partial charge is 0.493 e. The van der Waals surface area contributed by atoms with Gasteiger partial charge in [0.2, 0.25) is 11.7 Å². The molecule has 4 rings (SSSR count). The molecule has 0 unspecified atom stereocenters. The van der Waals surface area contributed by atoms with Crippen LogP contribution in [0.25, 0.3) is 0 Å². The number of fused-ring (bicyclic) bond motifs is 1. The Morgan fingerprint density at radius 2 is 1.55 bits per heavy atom. The second kappa shape index (κ2) is 9.89. The van der Waals surface area contributed by atoms with Gasteiger partial charge in [-0.2, -0.15) is 0 Å². The summed E-state index contributed by atoms with van der Waals surface area (Å²) in [5, 5.41) is 2.96. The number of nitrogens with zero attached hydrogens (tertiary/aromatic N) is 1. The van der Waals surface area contributed by atoms with E-state index in [-0.39, 0.29) is 17.7 Å². The molecule has 1 N–H and O–H groups in total. The third-order valence-electron chi connectivity index (χ3n) is 5.87. The number of benzene rings is 2. The third kappa shape index (κ3) is 4.76. The van der Waals surface area contributed by atoms with E-state index in [0.717, 1.165) is 0 Å². The predicted octanol–water partition coefficient (Wildman–Crippen LogP) is 2.97. The van der Waals surface area contributed by atoms with Crippen LogP contribution >= 0.6 is 0 Å². The van der Waals surface area contributed by atoms with Gasteiger partial charge in [-0.3, -0.25) is 9.59 Å². The van der Waals surface area contributed by atoms with Crippen LogP contribution in [-0.2, 0) is 4.79 Å². The molecule has 9 heteroatoms. The first kappa shape index (κ1) is 22.6. The number of methoxy groups -OCH3 is 3. The number of anilines is 1. The number of nitrogens with one attached hydrogen (secondary N) is 1. The van der Waals surface area contributed by atoms with E-state index < -0.39 is 0 Å². The summed E-state index contributed by atoms with van der Waals surface area (Å²) in [5.41, 5.74) is 1.11. The van der Waals surface area contributed by atoms with E-state index in [1.807, 2.05) is 0 Å². The number of ether oxygens (including phenoxy) is 5. The lowest BCUT2D eigenvalue weighted by Crippen LogP contribution is -2.41. The summed E-state index contributed by atoms with van der Waals surface area (Å²) >= 11 is 0. The van der Waals surface area contributed by atoms with Crippen molar-refractivity contribution in [2.45, 2.75) is 12.8 Å².